The molecule has 0 spiro atoms. The van der Waals surface area contributed by atoms with Crippen LogP contribution in [0.2, 0.25) is 0 Å². The van der Waals surface area contributed by atoms with Crippen molar-refractivity contribution >= 4 is 24.0 Å². The molecule has 2 heteroatoms. The Kier molecular flexibility index (Phi) is 2.11. The van der Waals surface area contributed by atoms with Crippen molar-refractivity contribution in [2.45, 2.75) is 30.4 Å². The van der Waals surface area contributed by atoms with E-state index in [9.17, 15) is 0 Å². The van der Waals surface area contributed by atoms with Crippen molar-refractivity contribution < 1.29 is 0 Å². The van der Waals surface area contributed by atoms with Gasteiger partial charge < -0.3 is 0 Å². The van der Waals surface area contributed by atoms with Crippen LogP contribution >= 0.6 is 24.0 Å². The Morgan fingerprint density at radius 2 is 2.00 bits per heavy atom. The summed E-state index contributed by atoms with van der Waals surface area (Å²) < 4.78 is 1.10. The van der Waals surface area contributed by atoms with E-state index in [4.69, 9.17) is 0 Å². The lowest BCUT2D eigenvalue weighted by atomic mass is 9.90. The van der Waals surface area contributed by atoms with Crippen molar-refractivity contribution in [3.05, 3.63) is 17.0 Å². The first-order valence-corrected chi connectivity index (χ1v) is 4.61. The topological polar surface area (TPSA) is 0 Å². The van der Waals surface area contributed by atoms with E-state index >= 15 is 0 Å². The van der Waals surface area contributed by atoms with Crippen molar-refractivity contribution in [3.8, 4) is 0 Å². The highest BCUT2D eigenvalue weighted by Crippen LogP contribution is 2.28. The summed E-state index contributed by atoms with van der Waals surface area (Å²) in [5.74, 6) is 0. The van der Waals surface area contributed by atoms with Crippen LogP contribution in [0.4, 0.5) is 0 Å². The van der Waals surface area contributed by atoms with Gasteiger partial charge in [0.25, 0.3) is 0 Å². The van der Waals surface area contributed by atoms with Crippen molar-refractivity contribution in [2.24, 2.45) is 0 Å². The largest absolute Gasteiger partial charge is 0.137 e. The Morgan fingerprint density at radius 1 is 1.40 bits per heavy atom. The van der Waals surface area contributed by atoms with E-state index in [0.29, 0.717) is 0 Å². The summed E-state index contributed by atoms with van der Waals surface area (Å²) in [5.41, 5.74) is 1.65. The first-order chi connectivity index (χ1) is 4.50. The van der Waals surface area contributed by atoms with E-state index < -0.39 is 0 Å². The molecule has 0 fully saturated rings. The highest BCUT2D eigenvalue weighted by Gasteiger charge is 2.14. The van der Waals surface area contributed by atoms with Gasteiger partial charge in [0.15, 0.2) is 0 Å². The van der Waals surface area contributed by atoms with Gasteiger partial charge in [0, 0.05) is 0 Å². The van der Waals surface area contributed by atoms with Gasteiger partial charge in [0.05, 0.1) is 4.21 Å². The summed E-state index contributed by atoms with van der Waals surface area (Å²) in [5, 5.41) is 2.17. The Morgan fingerprint density at radius 3 is 2.20 bits per heavy atom. The van der Waals surface area contributed by atoms with Gasteiger partial charge in [-0.2, -0.15) is 0 Å². The summed E-state index contributed by atoms with van der Waals surface area (Å²) in [6.07, 6.45) is 0. The van der Waals surface area contributed by atoms with Gasteiger partial charge in [-0.3, -0.25) is 0 Å². The average molecular weight is 172 g/mol. The van der Waals surface area contributed by atoms with Gasteiger partial charge in [0.1, 0.15) is 0 Å². The van der Waals surface area contributed by atoms with E-state index in [2.05, 4.69) is 44.8 Å². The molecule has 0 radical (unpaired) electrons. The van der Waals surface area contributed by atoms with Crippen molar-refractivity contribution in [1.29, 1.82) is 0 Å². The predicted octanol–water partition coefficient (Wildman–Crippen LogP) is 3.33. The smallest absolute Gasteiger partial charge is 0.0571 e. The predicted molar refractivity (Wildman–Crippen MR) is 50.3 cm³/mol. The van der Waals surface area contributed by atoms with Crippen molar-refractivity contribution in [3.63, 3.8) is 0 Å². The molecule has 0 saturated heterocycles. The van der Waals surface area contributed by atoms with Crippen molar-refractivity contribution in [2.75, 3.05) is 0 Å². The lowest BCUT2D eigenvalue weighted by molar-refractivity contribution is 0.592. The van der Waals surface area contributed by atoms with E-state index in [0.717, 1.165) is 4.21 Å². The second-order valence-electron chi connectivity index (χ2n) is 3.42. The molecule has 56 valence electrons. The van der Waals surface area contributed by atoms with E-state index in [1.807, 2.05) is 0 Å². The second kappa shape index (κ2) is 2.59. The van der Waals surface area contributed by atoms with E-state index in [1.165, 1.54) is 5.56 Å². The molecule has 1 heterocycles. The van der Waals surface area contributed by atoms with Crippen LogP contribution in [0.5, 0.6) is 0 Å². The van der Waals surface area contributed by atoms with Gasteiger partial charge in [-0.1, -0.05) is 20.8 Å². The van der Waals surface area contributed by atoms with Crippen LogP contribution in [0, 0.1) is 0 Å². The minimum atomic E-state index is 0.275. The third kappa shape index (κ3) is 1.77. The molecule has 1 aromatic rings. The summed E-state index contributed by atoms with van der Waals surface area (Å²) >= 11 is 5.95. The van der Waals surface area contributed by atoms with Gasteiger partial charge in [-0.25, -0.2) is 0 Å². The molecule has 0 nitrogen and oxygen atoms in total. The van der Waals surface area contributed by atoms with Crippen LogP contribution < -0.4 is 0 Å². The van der Waals surface area contributed by atoms with Gasteiger partial charge >= 0.3 is 0 Å². The number of rotatable bonds is 0. The Hall–Kier alpha value is 0.0500. The monoisotopic (exact) mass is 172 g/mol. The van der Waals surface area contributed by atoms with Gasteiger partial charge in [-0.15, -0.1) is 24.0 Å². The van der Waals surface area contributed by atoms with Crippen LogP contribution in [0.1, 0.15) is 26.3 Å². The molecular formula is C8H12S2. The Bertz CT molecular complexity index is 217. The van der Waals surface area contributed by atoms with Gasteiger partial charge in [0.2, 0.25) is 0 Å². The number of hydrogen-bond acceptors (Lipinski definition) is 2. The molecule has 1 aromatic heterocycles. The fourth-order valence-electron chi connectivity index (χ4n) is 0.718. The average Bonchev–Trinajstić information content (AvgIpc) is 2.11. The fourth-order valence-corrected chi connectivity index (χ4v) is 1.88. The molecule has 0 aliphatic heterocycles. The molecule has 10 heavy (non-hydrogen) atoms. The number of hydrogen-bond donors (Lipinski definition) is 1. The molecule has 0 aromatic carbocycles. The fraction of sp³-hybridized carbons (Fsp3) is 0.500. The highest BCUT2D eigenvalue weighted by molar-refractivity contribution is 7.82. The molecule has 1 rings (SSSR count). The minimum absolute atomic E-state index is 0.275. The normalized spacial score (nSPS) is 12.0. The molecular weight excluding hydrogens is 160 g/mol. The SMILES string of the molecule is CC(C)(C)c1csc(S)c1. The van der Waals surface area contributed by atoms with E-state index in [-0.39, 0.29) is 5.41 Å². The maximum atomic E-state index is 4.26. The van der Waals surface area contributed by atoms with Crippen LogP contribution in [0.3, 0.4) is 0 Å². The van der Waals surface area contributed by atoms with Crippen LogP contribution in [-0.2, 0) is 5.41 Å². The quantitative estimate of drug-likeness (QED) is 0.570. The third-order valence-electron chi connectivity index (χ3n) is 1.45. The first kappa shape index (κ1) is 8.15. The minimum Gasteiger partial charge on any atom is -0.137 e. The number of thiol groups is 1. The summed E-state index contributed by atoms with van der Waals surface area (Å²) in [7, 11) is 0. The van der Waals surface area contributed by atoms with E-state index in [1.54, 1.807) is 11.3 Å². The molecule has 0 aliphatic carbocycles. The van der Waals surface area contributed by atoms with Crippen LogP contribution in [-0.4, -0.2) is 0 Å². The maximum absolute atomic E-state index is 4.26. The molecule has 0 amide bonds. The first-order valence-electron chi connectivity index (χ1n) is 3.28. The summed E-state index contributed by atoms with van der Waals surface area (Å²) in [6, 6.07) is 2.13. The molecule has 0 unspecified atom stereocenters. The van der Waals surface area contributed by atoms with Crippen molar-refractivity contribution in [1.82, 2.24) is 0 Å². The lowest BCUT2D eigenvalue weighted by Crippen LogP contribution is -2.08. The lowest BCUT2D eigenvalue weighted by Gasteiger charge is -2.15. The molecule has 0 saturated carbocycles. The third-order valence-corrected chi connectivity index (χ3v) is 2.63. The molecule has 0 atom stereocenters. The molecule has 0 bridgehead atoms. The maximum Gasteiger partial charge on any atom is 0.0571 e. The molecule has 0 aliphatic rings. The summed E-state index contributed by atoms with van der Waals surface area (Å²) in [6.45, 7) is 6.63. The molecule has 0 N–H and O–H groups in total. The summed E-state index contributed by atoms with van der Waals surface area (Å²) in [4.78, 5) is 0. The Balaban J connectivity index is 2.96. The standard InChI is InChI=1S/C8H12S2/c1-8(2,3)6-4-7(9)10-5-6/h4-5,9H,1-3H3. The van der Waals surface area contributed by atoms with Gasteiger partial charge in [-0.05, 0) is 22.4 Å². The highest BCUT2D eigenvalue weighted by atomic mass is 32.2. The second-order valence-corrected chi connectivity index (χ2v) is 5.12. The van der Waals surface area contributed by atoms with Crippen LogP contribution in [0.25, 0.3) is 0 Å². The zero-order chi connectivity index (χ0) is 7.78. The van der Waals surface area contributed by atoms with Crippen LogP contribution in [0.15, 0.2) is 15.7 Å². The number of thiophene rings is 1. The zero-order valence-corrected chi connectivity index (χ0v) is 8.22. The zero-order valence-electron chi connectivity index (χ0n) is 6.51. The Labute approximate surface area is 71.7 Å².